The third kappa shape index (κ3) is 14.9. The lowest BCUT2D eigenvalue weighted by Crippen LogP contribution is -1.98. The zero-order valence-electron chi connectivity index (χ0n) is 18.0. The molecule has 0 radical (unpaired) electrons. The average molecular weight is 395 g/mol. The first-order valence-electron chi connectivity index (χ1n) is 11.3. The van der Waals surface area contributed by atoms with E-state index in [0.29, 0.717) is 13.2 Å². The molecule has 0 aliphatic rings. The van der Waals surface area contributed by atoms with Gasteiger partial charge in [0.25, 0.3) is 0 Å². The van der Waals surface area contributed by atoms with E-state index in [4.69, 9.17) is 19.3 Å². The van der Waals surface area contributed by atoms with Crippen molar-refractivity contribution in [3.63, 3.8) is 0 Å². The molecule has 0 bridgehead atoms. The summed E-state index contributed by atoms with van der Waals surface area (Å²) in [4.78, 5) is 0. The maximum absolute atomic E-state index is 8.72. The van der Waals surface area contributed by atoms with Crippen LogP contribution in [-0.2, 0) is 16.1 Å². The van der Waals surface area contributed by atoms with Gasteiger partial charge < -0.3 is 19.3 Å². The van der Waals surface area contributed by atoms with Crippen molar-refractivity contribution in [3.05, 3.63) is 29.8 Å². The van der Waals surface area contributed by atoms with E-state index in [1.807, 2.05) is 12.1 Å². The Morgan fingerprint density at radius 2 is 1.07 bits per heavy atom. The standard InChI is InChI=1S/C24H42O4/c1-26-24-16-14-23(15-17-24)22-28-21-13-9-5-4-8-12-20-27-19-11-7-3-2-6-10-18-25/h14-17,25H,2-13,18-22H2,1H3. The van der Waals surface area contributed by atoms with Crippen LogP contribution in [0.4, 0.5) is 0 Å². The van der Waals surface area contributed by atoms with E-state index in [1.54, 1.807) is 7.11 Å². The summed E-state index contributed by atoms with van der Waals surface area (Å²) >= 11 is 0. The van der Waals surface area contributed by atoms with Gasteiger partial charge in [0.1, 0.15) is 5.75 Å². The molecule has 1 N–H and O–H groups in total. The molecule has 0 spiro atoms. The normalized spacial score (nSPS) is 11.1. The fourth-order valence-electron chi connectivity index (χ4n) is 3.15. The number of hydrogen-bond acceptors (Lipinski definition) is 4. The Morgan fingerprint density at radius 3 is 1.57 bits per heavy atom. The molecule has 0 amide bonds. The molecular weight excluding hydrogens is 352 g/mol. The number of benzene rings is 1. The molecule has 162 valence electrons. The molecule has 0 atom stereocenters. The first kappa shape index (κ1) is 24.9. The molecule has 0 heterocycles. The molecule has 0 saturated carbocycles. The number of rotatable bonds is 20. The van der Waals surface area contributed by atoms with Crippen LogP contribution in [0.25, 0.3) is 0 Å². The van der Waals surface area contributed by atoms with E-state index in [9.17, 15) is 0 Å². The highest BCUT2D eigenvalue weighted by molar-refractivity contribution is 5.26. The quantitative estimate of drug-likeness (QED) is 0.280. The van der Waals surface area contributed by atoms with Crippen LogP contribution in [0.3, 0.4) is 0 Å². The Kier molecular flexibility index (Phi) is 17.1. The van der Waals surface area contributed by atoms with Crippen molar-refractivity contribution in [3.8, 4) is 5.75 Å². The van der Waals surface area contributed by atoms with Gasteiger partial charge >= 0.3 is 0 Å². The maximum Gasteiger partial charge on any atom is 0.118 e. The van der Waals surface area contributed by atoms with E-state index in [-0.39, 0.29) is 0 Å². The third-order valence-corrected chi connectivity index (χ3v) is 4.95. The highest BCUT2D eigenvalue weighted by atomic mass is 16.5. The van der Waals surface area contributed by atoms with E-state index in [2.05, 4.69) is 12.1 Å². The summed E-state index contributed by atoms with van der Waals surface area (Å²) in [6.07, 6.45) is 14.5. The van der Waals surface area contributed by atoms with Crippen molar-refractivity contribution in [1.82, 2.24) is 0 Å². The second-order valence-electron chi connectivity index (χ2n) is 7.48. The molecule has 0 fully saturated rings. The third-order valence-electron chi connectivity index (χ3n) is 4.95. The second-order valence-corrected chi connectivity index (χ2v) is 7.48. The molecule has 0 aliphatic heterocycles. The Balaban J connectivity index is 1.74. The zero-order chi connectivity index (χ0) is 20.1. The molecule has 1 aromatic carbocycles. The lowest BCUT2D eigenvalue weighted by molar-refractivity contribution is 0.116. The Labute approximate surface area is 172 Å². The Morgan fingerprint density at radius 1 is 0.607 bits per heavy atom. The summed E-state index contributed by atoms with van der Waals surface area (Å²) in [6.45, 7) is 3.68. The predicted molar refractivity (Wildman–Crippen MR) is 116 cm³/mol. The van der Waals surface area contributed by atoms with Gasteiger partial charge in [-0.05, 0) is 43.4 Å². The lowest BCUT2D eigenvalue weighted by atomic mass is 10.1. The fourth-order valence-corrected chi connectivity index (χ4v) is 3.15. The molecule has 28 heavy (non-hydrogen) atoms. The van der Waals surface area contributed by atoms with E-state index >= 15 is 0 Å². The number of aliphatic hydroxyl groups is 1. The minimum Gasteiger partial charge on any atom is -0.497 e. The van der Waals surface area contributed by atoms with Crippen LogP contribution < -0.4 is 4.74 Å². The van der Waals surface area contributed by atoms with Gasteiger partial charge in [-0.3, -0.25) is 0 Å². The van der Waals surface area contributed by atoms with Crippen molar-refractivity contribution in [2.75, 3.05) is 33.5 Å². The SMILES string of the molecule is COc1ccc(COCCCCCCCCOCCCCCCCCO)cc1. The lowest BCUT2D eigenvalue weighted by Gasteiger charge is -2.06. The maximum atomic E-state index is 8.72. The highest BCUT2D eigenvalue weighted by Gasteiger charge is 1.97. The molecule has 1 aromatic rings. The van der Waals surface area contributed by atoms with Crippen molar-refractivity contribution < 1.29 is 19.3 Å². The smallest absolute Gasteiger partial charge is 0.118 e. The highest BCUT2D eigenvalue weighted by Crippen LogP contribution is 2.12. The second kappa shape index (κ2) is 19.2. The first-order chi connectivity index (χ1) is 13.9. The van der Waals surface area contributed by atoms with Crippen LogP contribution in [0, 0.1) is 0 Å². The fraction of sp³-hybridized carbons (Fsp3) is 0.750. The summed E-state index contributed by atoms with van der Waals surface area (Å²) in [6, 6.07) is 8.06. The van der Waals surface area contributed by atoms with Crippen molar-refractivity contribution in [1.29, 1.82) is 0 Å². The molecule has 0 unspecified atom stereocenters. The molecule has 0 aromatic heterocycles. The first-order valence-corrected chi connectivity index (χ1v) is 11.3. The zero-order valence-corrected chi connectivity index (χ0v) is 18.0. The largest absolute Gasteiger partial charge is 0.497 e. The number of methoxy groups -OCH3 is 1. The number of hydrogen-bond donors (Lipinski definition) is 1. The molecule has 0 saturated heterocycles. The summed E-state index contributed by atoms with van der Waals surface area (Å²) in [5, 5.41) is 8.72. The summed E-state index contributed by atoms with van der Waals surface area (Å²) < 4.78 is 16.6. The number of unbranched alkanes of at least 4 members (excludes halogenated alkanes) is 10. The van der Waals surface area contributed by atoms with Crippen LogP contribution in [0.1, 0.15) is 82.6 Å². The van der Waals surface area contributed by atoms with Gasteiger partial charge in [0.15, 0.2) is 0 Å². The van der Waals surface area contributed by atoms with Gasteiger partial charge in [0.2, 0.25) is 0 Å². The molecule has 4 heteroatoms. The van der Waals surface area contributed by atoms with Gasteiger partial charge in [-0.15, -0.1) is 0 Å². The summed E-state index contributed by atoms with van der Waals surface area (Å²) in [5.74, 6) is 0.888. The predicted octanol–water partition coefficient (Wildman–Crippen LogP) is 5.90. The van der Waals surface area contributed by atoms with Gasteiger partial charge in [-0.2, -0.15) is 0 Å². The summed E-state index contributed by atoms with van der Waals surface area (Å²) in [5.41, 5.74) is 1.20. The molecule has 1 rings (SSSR count). The van der Waals surface area contributed by atoms with E-state index in [1.165, 1.54) is 63.4 Å². The van der Waals surface area contributed by atoms with Gasteiger partial charge in [-0.1, -0.05) is 63.5 Å². The minimum atomic E-state index is 0.335. The molecular formula is C24H42O4. The molecule has 4 nitrogen and oxygen atoms in total. The van der Waals surface area contributed by atoms with Gasteiger partial charge in [0.05, 0.1) is 13.7 Å². The van der Waals surface area contributed by atoms with Crippen molar-refractivity contribution in [2.45, 2.75) is 83.7 Å². The van der Waals surface area contributed by atoms with Crippen LogP contribution in [0.2, 0.25) is 0 Å². The minimum absolute atomic E-state index is 0.335. The van der Waals surface area contributed by atoms with Gasteiger partial charge in [0, 0.05) is 26.4 Å². The molecule has 0 aliphatic carbocycles. The van der Waals surface area contributed by atoms with Crippen LogP contribution in [0.15, 0.2) is 24.3 Å². The van der Waals surface area contributed by atoms with Gasteiger partial charge in [-0.25, -0.2) is 0 Å². The van der Waals surface area contributed by atoms with Crippen molar-refractivity contribution in [2.24, 2.45) is 0 Å². The number of aliphatic hydroxyl groups excluding tert-OH is 1. The van der Waals surface area contributed by atoms with Crippen LogP contribution >= 0.6 is 0 Å². The Hall–Kier alpha value is -1.10. The monoisotopic (exact) mass is 394 g/mol. The van der Waals surface area contributed by atoms with Crippen LogP contribution in [-0.4, -0.2) is 38.6 Å². The summed E-state index contributed by atoms with van der Waals surface area (Å²) in [7, 11) is 1.68. The Bertz CT molecular complexity index is 433. The van der Waals surface area contributed by atoms with E-state index in [0.717, 1.165) is 44.8 Å². The topological polar surface area (TPSA) is 47.9 Å². The average Bonchev–Trinajstić information content (AvgIpc) is 2.73. The van der Waals surface area contributed by atoms with Crippen molar-refractivity contribution >= 4 is 0 Å². The van der Waals surface area contributed by atoms with Crippen LogP contribution in [0.5, 0.6) is 5.75 Å². The number of ether oxygens (including phenoxy) is 3. The van der Waals surface area contributed by atoms with E-state index < -0.39 is 0 Å².